The Balaban J connectivity index is 0. The normalized spacial score (nSPS) is 7.27. The monoisotopic (exact) mass is 215 g/mol. The van der Waals surface area contributed by atoms with Crippen molar-refractivity contribution in [3.8, 4) is 0 Å². The van der Waals surface area contributed by atoms with Gasteiger partial charge in [-0.2, -0.15) is 0 Å². The zero-order valence-electron chi connectivity index (χ0n) is 7.95. The molecule has 7 heteroatoms. The van der Waals surface area contributed by atoms with Gasteiger partial charge < -0.3 is 16.7 Å². The smallest absolute Gasteiger partial charge is 0.291 e. The van der Waals surface area contributed by atoms with Crippen molar-refractivity contribution in [2.45, 2.75) is 0 Å². The summed E-state index contributed by atoms with van der Waals surface area (Å²) in [7, 11) is 0. The van der Waals surface area contributed by atoms with Crippen molar-refractivity contribution in [2.24, 2.45) is 11.5 Å². The SMILES string of the molecule is NCC(N)=O.O=[N+]([O-])O.c1ccccc1. The van der Waals surface area contributed by atoms with Gasteiger partial charge in [-0.25, -0.2) is 0 Å². The Morgan fingerprint density at radius 1 is 1.20 bits per heavy atom. The van der Waals surface area contributed by atoms with Gasteiger partial charge in [-0.3, -0.25) is 4.79 Å². The highest BCUT2D eigenvalue weighted by molar-refractivity contribution is 5.75. The topological polar surface area (TPSA) is 132 Å². The molecule has 0 atom stereocenters. The number of hydrogen-bond acceptors (Lipinski definition) is 4. The van der Waals surface area contributed by atoms with Gasteiger partial charge in [0.25, 0.3) is 5.09 Å². The Morgan fingerprint density at radius 3 is 1.40 bits per heavy atom. The fourth-order valence-electron chi connectivity index (χ4n) is 0.385. The van der Waals surface area contributed by atoms with Gasteiger partial charge >= 0.3 is 0 Å². The van der Waals surface area contributed by atoms with Crippen LogP contribution in [0.2, 0.25) is 0 Å². The Hall–Kier alpha value is -2.15. The number of amides is 1. The zero-order chi connectivity index (χ0) is 12.1. The first-order valence-electron chi connectivity index (χ1n) is 3.82. The third kappa shape index (κ3) is 33.6. The molecular weight excluding hydrogens is 202 g/mol. The number of carbonyl (C=O) groups excluding carboxylic acids is 1. The minimum atomic E-state index is -1.50. The van der Waals surface area contributed by atoms with E-state index in [0.29, 0.717) is 0 Å². The number of nitrogens with zero attached hydrogens (tertiary/aromatic N) is 1. The van der Waals surface area contributed by atoms with E-state index in [9.17, 15) is 4.79 Å². The molecule has 5 N–H and O–H groups in total. The van der Waals surface area contributed by atoms with Crippen molar-refractivity contribution in [3.05, 3.63) is 46.5 Å². The lowest BCUT2D eigenvalue weighted by Crippen LogP contribution is -2.21. The minimum absolute atomic E-state index is 0.0556. The van der Waals surface area contributed by atoms with Crippen LogP contribution >= 0.6 is 0 Å². The Bertz CT molecular complexity index is 235. The second-order valence-electron chi connectivity index (χ2n) is 2.06. The van der Waals surface area contributed by atoms with E-state index in [-0.39, 0.29) is 6.54 Å². The van der Waals surface area contributed by atoms with Crippen molar-refractivity contribution in [1.82, 2.24) is 0 Å². The lowest BCUT2D eigenvalue weighted by atomic mass is 10.4. The van der Waals surface area contributed by atoms with Gasteiger partial charge in [-0.15, -0.1) is 10.1 Å². The zero-order valence-corrected chi connectivity index (χ0v) is 7.95. The van der Waals surface area contributed by atoms with E-state index >= 15 is 0 Å². The van der Waals surface area contributed by atoms with E-state index in [1.54, 1.807) is 0 Å². The summed E-state index contributed by atoms with van der Waals surface area (Å²) in [6.45, 7) is -0.0556. The maximum absolute atomic E-state index is 9.47. The maximum atomic E-state index is 9.47. The van der Waals surface area contributed by atoms with Crippen LogP contribution in [0.1, 0.15) is 0 Å². The average Bonchev–Trinajstić information content (AvgIpc) is 2.20. The predicted octanol–water partition coefficient (Wildman–Crippen LogP) is -0.231. The maximum Gasteiger partial charge on any atom is 0.291 e. The molecule has 1 aromatic rings. The molecule has 0 aliphatic rings. The van der Waals surface area contributed by atoms with E-state index in [2.05, 4.69) is 5.73 Å². The van der Waals surface area contributed by atoms with Crippen molar-refractivity contribution in [2.75, 3.05) is 6.54 Å². The summed E-state index contributed by atoms with van der Waals surface area (Å²) in [5, 5.41) is 13.6. The van der Waals surface area contributed by atoms with Crippen LogP contribution in [0.15, 0.2) is 36.4 Å². The number of carbonyl (C=O) groups is 1. The van der Waals surface area contributed by atoms with Crippen LogP contribution in [0.5, 0.6) is 0 Å². The lowest BCUT2D eigenvalue weighted by molar-refractivity contribution is -0.742. The molecule has 0 aliphatic heterocycles. The number of hydrogen-bond donors (Lipinski definition) is 3. The molecule has 1 amide bonds. The van der Waals surface area contributed by atoms with E-state index < -0.39 is 11.0 Å². The molecule has 1 aromatic carbocycles. The molecule has 0 spiro atoms. The Labute approximate surface area is 86.4 Å². The second kappa shape index (κ2) is 11.8. The summed E-state index contributed by atoms with van der Waals surface area (Å²) >= 11 is 0. The van der Waals surface area contributed by atoms with Crippen molar-refractivity contribution < 1.29 is 15.1 Å². The highest BCUT2D eigenvalue weighted by atomic mass is 16.9. The van der Waals surface area contributed by atoms with E-state index in [4.69, 9.17) is 21.1 Å². The molecule has 15 heavy (non-hydrogen) atoms. The first-order chi connectivity index (χ1) is 7.00. The van der Waals surface area contributed by atoms with E-state index in [1.807, 2.05) is 36.4 Å². The van der Waals surface area contributed by atoms with Gasteiger partial charge in [0.15, 0.2) is 0 Å². The molecule has 0 fully saturated rings. The third-order valence-electron chi connectivity index (χ3n) is 0.868. The third-order valence-corrected chi connectivity index (χ3v) is 0.868. The summed E-state index contributed by atoms with van der Waals surface area (Å²) in [5.74, 6) is -0.468. The summed E-state index contributed by atoms with van der Waals surface area (Å²) in [5.41, 5.74) is 9.22. The molecule has 1 rings (SSSR count). The Morgan fingerprint density at radius 2 is 1.33 bits per heavy atom. The molecule has 84 valence electrons. The Kier molecular flexibility index (Phi) is 12.1. The molecular formula is C8H13N3O4. The van der Waals surface area contributed by atoms with Crippen LogP contribution in [0.3, 0.4) is 0 Å². The molecule has 0 bridgehead atoms. The van der Waals surface area contributed by atoms with Gasteiger partial charge in [0.2, 0.25) is 5.91 Å². The molecule has 0 aliphatic carbocycles. The van der Waals surface area contributed by atoms with E-state index in [0.717, 1.165) is 0 Å². The molecule has 7 nitrogen and oxygen atoms in total. The lowest BCUT2D eigenvalue weighted by Gasteiger charge is -1.74. The molecule has 0 aromatic heterocycles. The predicted molar refractivity (Wildman–Crippen MR) is 53.5 cm³/mol. The standard InChI is InChI=1S/C6H6.C2H6N2O.HNO3/c1-2-4-6-5-3-1;3-1-2(4)5;2-1(3)4/h1-6H;1,3H2,(H2,4,5);(H,2,3,4). The summed E-state index contributed by atoms with van der Waals surface area (Å²) in [6.07, 6.45) is 0. The van der Waals surface area contributed by atoms with Crippen LogP contribution in [0.4, 0.5) is 0 Å². The largest absolute Gasteiger partial charge is 0.369 e. The molecule has 0 radical (unpaired) electrons. The summed E-state index contributed by atoms with van der Waals surface area (Å²) in [4.78, 5) is 17.8. The average molecular weight is 215 g/mol. The van der Waals surface area contributed by atoms with Gasteiger partial charge in [-0.1, -0.05) is 36.4 Å². The molecule has 0 saturated carbocycles. The van der Waals surface area contributed by atoms with Crippen LogP contribution in [-0.2, 0) is 4.79 Å². The van der Waals surface area contributed by atoms with E-state index in [1.165, 1.54) is 0 Å². The van der Waals surface area contributed by atoms with Crippen molar-refractivity contribution in [1.29, 1.82) is 0 Å². The number of benzene rings is 1. The highest BCUT2D eigenvalue weighted by Crippen LogP contribution is 1.79. The number of primary amides is 1. The highest BCUT2D eigenvalue weighted by Gasteiger charge is 1.77. The molecule has 0 saturated heterocycles. The second-order valence-corrected chi connectivity index (χ2v) is 2.06. The van der Waals surface area contributed by atoms with Gasteiger partial charge in [0.05, 0.1) is 6.54 Å². The number of rotatable bonds is 1. The first kappa shape index (κ1) is 15.3. The van der Waals surface area contributed by atoms with Crippen LogP contribution in [0, 0.1) is 10.1 Å². The first-order valence-corrected chi connectivity index (χ1v) is 3.82. The summed E-state index contributed by atoms with van der Waals surface area (Å²) < 4.78 is 0. The van der Waals surface area contributed by atoms with Crippen LogP contribution < -0.4 is 11.5 Å². The van der Waals surface area contributed by atoms with Crippen molar-refractivity contribution >= 4 is 5.91 Å². The van der Waals surface area contributed by atoms with Crippen LogP contribution in [-0.4, -0.2) is 22.7 Å². The van der Waals surface area contributed by atoms with Gasteiger partial charge in [0.1, 0.15) is 0 Å². The minimum Gasteiger partial charge on any atom is -0.369 e. The van der Waals surface area contributed by atoms with Gasteiger partial charge in [-0.05, 0) is 0 Å². The quantitative estimate of drug-likeness (QED) is 0.439. The number of nitrogens with two attached hydrogens (primary N) is 2. The van der Waals surface area contributed by atoms with Crippen LogP contribution in [0.25, 0.3) is 0 Å². The molecule has 0 heterocycles. The van der Waals surface area contributed by atoms with Crippen molar-refractivity contribution in [3.63, 3.8) is 0 Å². The summed E-state index contributed by atoms with van der Waals surface area (Å²) in [6, 6.07) is 12.0. The fourth-order valence-corrected chi connectivity index (χ4v) is 0.385. The fraction of sp³-hybridized carbons (Fsp3) is 0.125. The van der Waals surface area contributed by atoms with Gasteiger partial charge in [0, 0.05) is 0 Å². The molecule has 0 unspecified atom stereocenters.